The molecule has 1 aromatic rings. The topological polar surface area (TPSA) is 40.5 Å². The number of hydrogen-bond acceptors (Lipinski definition) is 2. The maximum absolute atomic E-state index is 10.9. The molecule has 3 nitrogen and oxygen atoms in total. The molecule has 1 fully saturated rings. The van der Waals surface area contributed by atoms with Crippen molar-refractivity contribution in [3.05, 3.63) is 29.8 Å². The Hall–Kier alpha value is -1.51. The fourth-order valence-electron chi connectivity index (χ4n) is 2.50. The van der Waals surface area contributed by atoms with E-state index in [9.17, 15) is 4.79 Å². The van der Waals surface area contributed by atoms with E-state index in [1.165, 1.54) is 12.8 Å². The average Bonchev–Trinajstić information content (AvgIpc) is 2.59. The third-order valence-electron chi connectivity index (χ3n) is 3.34. The van der Waals surface area contributed by atoms with Crippen molar-refractivity contribution >= 4 is 11.7 Å². The summed E-state index contributed by atoms with van der Waals surface area (Å²) in [7, 11) is 0. The van der Waals surface area contributed by atoms with Gasteiger partial charge in [-0.2, -0.15) is 0 Å². The number of rotatable bonds is 2. The monoisotopic (exact) mass is 219 g/mol. The van der Waals surface area contributed by atoms with Gasteiger partial charge in [-0.25, -0.2) is 4.79 Å². The molecular weight excluding hydrogens is 202 g/mol. The van der Waals surface area contributed by atoms with Crippen LogP contribution < -0.4 is 4.90 Å². The molecule has 86 valence electrons. The molecule has 1 aromatic carbocycles. The van der Waals surface area contributed by atoms with Crippen molar-refractivity contribution < 1.29 is 9.90 Å². The van der Waals surface area contributed by atoms with Crippen LogP contribution in [-0.2, 0) is 0 Å². The first-order chi connectivity index (χ1) is 7.59. The van der Waals surface area contributed by atoms with Gasteiger partial charge in [0.1, 0.15) is 0 Å². The summed E-state index contributed by atoms with van der Waals surface area (Å²) in [4.78, 5) is 13.2. The van der Waals surface area contributed by atoms with Crippen LogP contribution in [-0.4, -0.2) is 23.2 Å². The minimum absolute atomic E-state index is 0.365. The number of benzene rings is 1. The molecule has 0 aliphatic carbocycles. The maximum atomic E-state index is 10.9. The van der Waals surface area contributed by atoms with Crippen LogP contribution in [0.5, 0.6) is 0 Å². The summed E-state index contributed by atoms with van der Waals surface area (Å²) in [5, 5.41) is 8.97. The number of aromatic carboxylic acids is 1. The van der Waals surface area contributed by atoms with Crippen molar-refractivity contribution in [2.75, 3.05) is 4.90 Å². The van der Waals surface area contributed by atoms with E-state index in [2.05, 4.69) is 18.7 Å². The van der Waals surface area contributed by atoms with Crippen LogP contribution in [0.25, 0.3) is 0 Å². The molecule has 2 rings (SSSR count). The summed E-state index contributed by atoms with van der Waals surface area (Å²) in [5.41, 5.74) is 1.39. The third-order valence-corrected chi connectivity index (χ3v) is 3.34. The Labute approximate surface area is 95.7 Å². The summed E-state index contributed by atoms with van der Waals surface area (Å²) in [6, 6.07) is 8.21. The van der Waals surface area contributed by atoms with Gasteiger partial charge in [-0.3, -0.25) is 0 Å². The quantitative estimate of drug-likeness (QED) is 0.831. The highest BCUT2D eigenvalue weighted by atomic mass is 16.4. The van der Waals surface area contributed by atoms with Gasteiger partial charge in [0.15, 0.2) is 0 Å². The number of carbonyl (C=O) groups is 1. The fourth-order valence-corrected chi connectivity index (χ4v) is 2.50. The zero-order chi connectivity index (χ0) is 11.7. The number of nitrogens with zero attached hydrogens (tertiary/aromatic N) is 1. The molecule has 0 amide bonds. The van der Waals surface area contributed by atoms with Crippen molar-refractivity contribution in [2.45, 2.75) is 38.8 Å². The molecule has 0 saturated carbocycles. The Morgan fingerprint density at radius 2 is 1.94 bits per heavy atom. The molecule has 1 aliphatic heterocycles. The second-order valence-electron chi connectivity index (χ2n) is 4.54. The Bertz CT molecular complexity index is 393. The van der Waals surface area contributed by atoms with Crippen LogP contribution >= 0.6 is 0 Å². The lowest BCUT2D eigenvalue weighted by atomic mass is 10.1. The molecule has 3 heteroatoms. The number of carboxylic acids is 1. The van der Waals surface area contributed by atoms with Crippen LogP contribution in [0.15, 0.2) is 24.3 Å². The molecule has 16 heavy (non-hydrogen) atoms. The van der Waals surface area contributed by atoms with Crippen molar-refractivity contribution in [3.8, 4) is 0 Å². The molecule has 1 heterocycles. The Morgan fingerprint density at radius 3 is 2.50 bits per heavy atom. The van der Waals surface area contributed by atoms with Crippen LogP contribution in [0, 0.1) is 0 Å². The van der Waals surface area contributed by atoms with E-state index in [0.29, 0.717) is 17.6 Å². The summed E-state index contributed by atoms with van der Waals surface area (Å²) in [5.74, 6) is -0.860. The molecule has 1 aliphatic rings. The van der Waals surface area contributed by atoms with Gasteiger partial charge in [-0.05, 0) is 44.9 Å². The minimum Gasteiger partial charge on any atom is -0.478 e. The van der Waals surface area contributed by atoms with E-state index < -0.39 is 5.97 Å². The lowest BCUT2D eigenvalue weighted by Gasteiger charge is -2.28. The van der Waals surface area contributed by atoms with E-state index in [1.54, 1.807) is 12.1 Å². The Morgan fingerprint density at radius 1 is 1.31 bits per heavy atom. The SMILES string of the molecule is CC1CCC(C)N1c1cccc(C(=O)O)c1. The molecule has 1 saturated heterocycles. The second-order valence-corrected chi connectivity index (χ2v) is 4.54. The second kappa shape index (κ2) is 4.16. The highest BCUT2D eigenvalue weighted by Crippen LogP contribution is 2.30. The summed E-state index contributed by atoms with van der Waals surface area (Å²) in [6.45, 7) is 4.38. The number of carboxylic acid groups (broad SMARTS) is 1. The van der Waals surface area contributed by atoms with Crippen molar-refractivity contribution in [1.29, 1.82) is 0 Å². The van der Waals surface area contributed by atoms with E-state index in [0.717, 1.165) is 5.69 Å². The van der Waals surface area contributed by atoms with Crippen LogP contribution in [0.4, 0.5) is 5.69 Å². The van der Waals surface area contributed by atoms with Gasteiger partial charge in [0, 0.05) is 17.8 Å². The third kappa shape index (κ3) is 1.90. The Balaban J connectivity index is 2.32. The van der Waals surface area contributed by atoms with Crippen LogP contribution in [0.3, 0.4) is 0 Å². The average molecular weight is 219 g/mol. The lowest BCUT2D eigenvalue weighted by molar-refractivity contribution is 0.0697. The maximum Gasteiger partial charge on any atom is 0.335 e. The molecular formula is C13H17NO2. The summed E-state index contributed by atoms with van der Waals surface area (Å²) >= 11 is 0. The van der Waals surface area contributed by atoms with Crippen LogP contribution in [0.1, 0.15) is 37.0 Å². The zero-order valence-corrected chi connectivity index (χ0v) is 9.68. The molecule has 0 bridgehead atoms. The predicted molar refractivity (Wildman–Crippen MR) is 64.0 cm³/mol. The normalized spacial score (nSPS) is 24.8. The van der Waals surface area contributed by atoms with Gasteiger partial charge in [-0.15, -0.1) is 0 Å². The summed E-state index contributed by atoms with van der Waals surface area (Å²) in [6.07, 6.45) is 2.36. The van der Waals surface area contributed by atoms with E-state index >= 15 is 0 Å². The molecule has 0 radical (unpaired) electrons. The lowest BCUT2D eigenvalue weighted by Crippen LogP contribution is -2.32. The van der Waals surface area contributed by atoms with Crippen molar-refractivity contribution in [1.82, 2.24) is 0 Å². The first kappa shape index (κ1) is 11.0. The van der Waals surface area contributed by atoms with Gasteiger partial charge < -0.3 is 10.0 Å². The molecule has 2 unspecified atom stereocenters. The summed E-state index contributed by atoms with van der Waals surface area (Å²) < 4.78 is 0. The highest BCUT2D eigenvalue weighted by Gasteiger charge is 2.27. The molecule has 1 N–H and O–H groups in total. The molecule has 0 spiro atoms. The van der Waals surface area contributed by atoms with Gasteiger partial charge in [0.25, 0.3) is 0 Å². The smallest absolute Gasteiger partial charge is 0.335 e. The number of anilines is 1. The van der Waals surface area contributed by atoms with Crippen molar-refractivity contribution in [3.63, 3.8) is 0 Å². The van der Waals surface area contributed by atoms with E-state index in [4.69, 9.17) is 5.11 Å². The highest BCUT2D eigenvalue weighted by molar-refractivity contribution is 5.88. The van der Waals surface area contributed by atoms with Crippen LogP contribution in [0.2, 0.25) is 0 Å². The molecule has 0 aromatic heterocycles. The standard InChI is InChI=1S/C13H17NO2/c1-9-6-7-10(2)14(9)12-5-3-4-11(8-12)13(15)16/h3-5,8-10H,6-7H2,1-2H3,(H,15,16). The van der Waals surface area contributed by atoms with E-state index in [-0.39, 0.29) is 0 Å². The Kier molecular flexibility index (Phi) is 2.86. The van der Waals surface area contributed by atoms with Gasteiger partial charge >= 0.3 is 5.97 Å². The van der Waals surface area contributed by atoms with Gasteiger partial charge in [0.2, 0.25) is 0 Å². The van der Waals surface area contributed by atoms with E-state index in [1.807, 2.05) is 12.1 Å². The fraction of sp³-hybridized carbons (Fsp3) is 0.462. The zero-order valence-electron chi connectivity index (χ0n) is 9.68. The van der Waals surface area contributed by atoms with Gasteiger partial charge in [-0.1, -0.05) is 6.07 Å². The first-order valence-electron chi connectivity index (χ1n) is 5.71. The number of hydrogen-bond donors (Lipinski definition) is 1. The molecule has 2 atom stereocenters. The predicted octanol–water partition coefficient (Wildman–Crippen LogP) is 2.76. The minimum atomic E-state index is -0.860. The van der Waals surface area contributed by atoms with Gasteiger partial charge in [0.05, 0.1) is 5.56 Å². The van der Waals surface area contributed by atoms with Crippen molar-refractivity contribution in [2.24, 2.45) is 0 Å². The first-order valence-corrected chi connectivity index (χ1v) is 5.71. The largest absolute Gasteiger partial charge is 0.478 e.